The molecule has 1 aromatic heterocycles. The van der Waals surface area contributed by atoms with E-state index in [1.54, 1.807) is 36.4 Å². The number of fused-ring (bicyclic) bond motifs is 2. The van der Waals surface area contributed by atoms with Crippen molar-refractivity contribution in [2.24, 2.45) is 0 Å². The molecule has 2 aliphatic rings. The van der Waals surface area contributed by atoms with E-state index < -0.39 is 16.1 Å². The van der Waals surface area contributed by atoms with E-state index in [2.05, 4.69) is 4.98 Å². The number of nitrogens with zero attached hydrogens (tertiary/aromatic N) is 3. The van der Waals surface area contributed by atoms with E-state index in [0.29, 0.717) is 31.7 Å². The van der Waals surface area contributed by atoms with Crippen LogP contribution in [0.15, 0.2) is 53.6 Å². The summed E-state index contributed by atoms with van der Waals surface area (Å²) in [5, 5.41) is 0.797. The highest BCUT2D eigenvalue weighted by Gasteiger charge is 2.38. The first-order valence-electron chi connectivity index (χ1n) is 10.9. The highest BCUT2D eigenvalue weighted by atomic mass is 32.2. The number of carbonyl (C=O) groups is 1. The molecule has 1 saturated heterocycles. The van der Waals surface area contributed by atoms with E-state index in [9.17, 15) is 13.2 Å². The maximum atomic E-state index is 13.3. The minimum Gasteiger partial charge on any atom is -0.495 e. The Morgan fingerprint density at radius 3 is 2.67 bits per heavy atom. The van der Waals surface area contributed by atoms with Gasteiger partial charge in [-0.25, -0.2) is 13.2 Å². The molecule has 2 aliphatic heterocycles. The van der Waals surface area contributed by atoms with Crippen LogP contribution >= 0.6 is 0 Å². The van der Waals surface area contributed by atoms with Crippen molar-refractivity contribution in [3.05, 3.63) is 59.8 Å². The van der Waals surface area contributed by atoms with E-state index in [0.717, 1.165) is 27.7 Å². The van der Waals surface area contributed by atoms with Crippen molar-refractivity contribution in [3.63, 3.8) is 0 Å². The van der Waals surface area contributed by atoms with Crippen LogP contribution < -0.4 is 9.64 Å². The van der Waals surface area contributed by atoms with Crippen molar-refractivity contribution < 1.29 is 22.7 Å². The first-order valence-corrected chi connectivity index (χ1v) is 12.3. The molecule has 0 N–H and O–H groups in total. The minimum atomic E-state index is -3.66. The molecule has 172 valence electrons. The summed E-state index contributed by atoms with van der Waals surface area (Å²) in [6.07, 6.45) is 2.34. The lowest BCUT2D eigenvalue weighted by Crippen LogP contribution is -2.50. The van der Waals surface area contributed by atoms with Gasteiger partial charge in [0.25, 0.3) is 0 Å². The Hall–Kier alpha value is -3.17. The zero-order chi connectivity index (χ0) is 23.2. The molecule has 0 bridgehead atoms. The molecule has 33 heavy (non-hydrogen) atoms. The largest absolute Gasteiger partial charge is 0.495 e. The van der Waals surface area contributed by atoms with Gasteiger partial charge in [0.05, 0.1) is 23.2 Å². The van der Waals surface area contributed by atoms with Gasteiger partial charge in [-0.05, 0) is 55.7 Å². The molecule has 1 amide bonds. The van der Waals surface area contributed by atoms with Crippen LogP contribution in [0, 0.1) is 6.92 Å². The Bertz CT molecular complexity index is 1320. The fourth-order valence-electron chi connectivity index (χ4n) is 4.62. The van der Waals surface area contributed by atoms with Crippen LogP contribution in [0.4, 0.5) is 10.5 Å². The highest BCUT2D eigenvalue weighted by molar-refractivity contribution is 7.89. The number of piperidine rings is 1. The summed E-state index contributed by atoms with van der Waals surface area (Å²) in [4.78, 5) is 18.9. The number of hydrogen-bond donors (Lipinski definition) is 0. The lowest BCUT2D eigenvalue weighted by molar-refractivity contribution is 0.135. The third kappa shape index (κ3) is 3.81. The van der Waals surface area contributed by atoms with Crippen LogP contribution in [-0.2, 0) is 21.4 Å². The average molecular weight is 468 g/mol. The molecular weight excluding hydrogens is 442 g/mol. The average Bonchev–Trinajstić information content (AvgIpc) is 2.83. The zero-order valence-corrected chi connectivity index (χ0v) is 19.3. The number of aryl methyl sites for hydroxylation is 1. The Balaban J connectivity index is 1.38. The second kappa shape index (κ2) is 8.31. The lowest BCUT2D eigenvalue weighted by atomic mass is 10.0. The number of carbonyl (C=O) groups excluding carboxylic acids is 1. The topological polar surface area (TPSA) is 89.0 Å². The van der Waals surface area contributed by atoms with Gasteiger partial charge in [-0.15, -0.1) is 0 Å². The number of hydrogen-bond acceptors (Lipinski definition) is 6. The predicted molar refractivity (Wildman–Crippen MR) is 124 cm³/mol. The number of ether oxygens (including phenoxy) is 2. The number of rotatable bonds is 4. The summed E-state index contributed by atoms with van der Waals surface area (Å²) in [6, 6.07) is 12.4. The second-order valence-corrected chi connectivity index (χ2v) is 10.3. The fourth-order valence-corrected chi connectivity index (χ4v) is 6.13. The quantitative estimate of drug-likeness (QED) is 0.579. The van der Waals surface area contributed by atoms with Crippen LogP contribution in [0.5, 0.6) is 5.75 Å². The molecule has 0 radical (unpaired) electrons. The van der Waals surface area contributed by atoms with Gasteiger partial charge in [0.2, 0.25) is 10.0 Å². The molecule has 2 aromatic carbocycles. The fraction of sp³-hybridized carbons (Fsp3) is 0.333. The Morgan fingerprint density at radius 2 is 1.91 bits per heavy atom. The number of sulfonamides is 1. The van der Waals surface area contributed by atoms with Gasteiger partial charge >= 0.3 is 6.09 Å². The van der Waals surface area contributed by atoms with Gasteiger partial charge in [0, 0.05) is 36.3 Å². The van der Waals surface area contributed by atoms with Gasteiger partial charge in [-0.1, -0.05) is 12.1 Å². The smallest absolute Gasteiger partial charge is 0.415 e. The van der Waals surface area contributed by atoms with Crippen molar-refractivity contribution in [1.29, 1.82) is 0 Å². The number of amides is 1. The van der Waals surface area contributed by atoms with Crippen molar-refractivity contribution in [2.75, 3.05) is 25.1 Å². The van der Waals surface area contributed by atoms with E-state index in [4.69, 9.17) is 9.47 Å². The summed E-state index contributed by atoms with van der Waals surface area (Å²) in [7, 11) is -2.09. The maximum absolute atomic E-state index is 13.3. The number of cyclic esters (lactones) is 1. The van der Waals surface area contributed by atoms with Crippen molar-refractivity contribution >= 4 is 32.7 Å². The van der Waals surface area contributed by atoms with Gasteiger partial charge in [0.15, 0.2) is 0 Å². The minimum absolute atomic E-state index is 0.178. The van der Waals surface area contributed by atoms with Crippen LogP contribution in [-0.4, -0.2) is 50.0 Å². The van der Waals surface area contributed by atoms with E-state index >= 15 is 0 Å². The molecular formula is C24H25N3O5S. The lowest BCUT2D eigenvalue weighted by Gasteiger charge is -2.40. The summed E-state index contributed by atoms with van der Waals surface area (Å²) in [6.45, 7) is 2.75. The summed E-state index contributed by atoms with van der Waals surface area (Å²) in [5.74, 6) is 0.610. The molecule has 9 heteroatoms. The van der Waals surface area contributed by atoms with Crippen molar-refractivity contribution in [3.8, 4) is 5.75 Å². The third-order valence-corrected chi connectivity index (χ3v) is 8.20. The number of para-hydroxylation sites is 1. The third-order valence-electron chi connectivity index (χ3n) is 6.31. The van der Waals surface area contributed by atoms with E-state index in [-0.39, 0.29) is 17.5 Å². The summed E-state index contributed by atoms with van der Waals surface area (Å²) < 4.78 is 39.1. The van der Waals surface area contributed by atoms with E-state index in [1.807, 2.05) is 31.2 Å². The normalized spacial score (nSPS) is 17.6. The number of benzene rings is 2. The number of pyridine rings is 1. The monoisotopic (exact) mass is 467 g/mol. The number of methoxy groups -OCH3 is 1. The number of aromatic nitrogens is 1. The Kier molecular flexibility index (Phi) is 5.46. The van der Waals surface area contributed by atoms with Crippen LogP contribution in [0.3, 0.4) is 0 Å². The first kappa shape index (κ1) is 21.7. The van der Waals surface area contributed by atoms with Crippen LogP contribution in [0.2, 0.25) is 0 Å². The molecule has 0 unspecified atom stereocenters. The number of anilines is 1. The first-order chi connectivity index (χ1) is 15.9. The summed E-state index contributed by atoms with van der Waals surface area (Å²) >= 11 is 0. The predicted octanol–water partition coefficient (Wildman–Crippen LogP) is 3.86. The second-order valence-electron chi connectivity index (χ2n) is 8.40. The SMILES string of the molecule is COc1cccc2c1N(C1CCN(S(=O)(=O)c3ccc4ncc(C)cc4c3)CC1)C(=O)OC2. The Labute approximate surface area is 192 Å². The van der Waals surface area contributed by atoms with Gasteiger partial charge in [-0.2, -0.15) is 4.31 Å². The van der Waals surface area contributed by atoms with Crippen LogP contribution in [0.1, 0.15) is 24.0 Å². The van der Waals surface area contributed by atoms with Gasteiger partial charge in [0.1, 0.15) is 12.4 Å². The van der Waals surface area contributed by atoms with Crippen LogP contribution in [0.25, 0.3) is 10.9 Å². The van der Waals surface area contributed by atoms with E-state index in [1.165, 1.54) is 4.31 Å². The van der Waals surface area contributed by atoms with Gasteiger partial charge in [-0.3, -0.25) is 9.88 Å². The van der Waals surface area contributed by atoms with Gasteiger partial charge < -0.3 is 9.47 Å². The molecule has 0 aliphatic carbocycles. The molecule has 0 atom stereocenters. The molecule has 8 nitrogen and oxygen atoms in total. The highest BCUT2D eigenvalue weighted by Crippen LogP contribution is 2.39. The molecule has 0 spiro atoms. The molecule has 3 heterocycles. The molecule has 5 rings (SSSR count). The zero-order valence-electron chi connectivity index (χ0n) is 18.5. The van der Waals surface area contributed by atoms with Crippen molar-refractivity contribution in [2.45, 2.75) is 37.3 Å². The van der Waals surface area contributed by atoms with Crippen molar-refractivity contribution in [1.82, 2.24) is 9.29 Å². The Morgan fingerprint density at radius 1 is 1.12 bits per heavy atom. The molecule has 0 saturated carbocycles. The standard InChI is InChI=1S/C24H25N3O5S/c1-16-12-18-13-20(6-7-21(18)25-14-16)33(29,30)26-10-8-19(9-11-26)27-23-17(15-32-24(27)28)4-3-5-22(23)31-2/h3-7,12-14,19H,8-11,15H2,1-2H3. The molecule has 1 fully saturated rings. The molecule has 3 aromatic rings. The maximum Gasteiger partial charge on any atom is 0.415 e. The summed E-state index contributed by atoms with van der Waals surface area (Å²) in [5.41, 5.74) is 3.33.